The standard InChI is InChI=1S/C15H14ClN3O2S/c1-8-3-2-4-10(16)12(8)18-14(21)11-7-22-15(17-11)19-13(20)9-5-6-9/h2-4,7,9H,5-6H2,1H3,(H,18,21)(H,17,19,20). The summed E-state index contributed by atoms with van der Waals surface area (Å²) in [5, 5.41) is 8.02. The third-order valence-electron chi connectivity index (χ3n) is 3.38. The Morgan fingerprint density at radius 1 is 1.32 bits per heavy atom. The monoisotopic (exact) mass is 335 g/mol. The predicted octanol–water partition coefficient (Wildman–Crippen LogP) is 3.71. The van der Waals surface area contributed by atoms with E-state index < -0.39 is 0 Å². The molecule has 1 saturated carbocycles. The van der Waals surface area contributed by atoms with Crippen LogP contribution in [0.5, 0.6) is 0 Å². The number of carbonyl (C=O) groups is 2. The van der Waals surface area contributed by atoms with Gasteiger partial charge < -0.3 is 10.6 Å². The molecule has 0 atom stereocenters. The van der Waals surface area contributed by atoms with Crippen LogP contribution >= 0.6 is 22.9 Å². The molecule has 7 heteroatoms. The van der Waals surface area contributed by atoms with Gasteiger partial charge in [-0.15, -0.1) is 11.3 Å². The molecule has 0 unspecified atom stereocenters. The van der Waals surface area contributed by atoms with E-state index in [0.29, 0.717) is 15.8 Å². The van der Waals surface area contributed by atoms with Gasteiger partial charge in [0.1, 0.15) is 5.69 Å². The third-order valence-corrected chi connectivity index (χ3v) is 4.45. The highest BCUT2D eigenvalue weighted by Crippen LogP contribution is 2.31. The molecule has 22 heavy (non-hydrogen) atoms. The molecule has 5 nitrogen and oxygen atoms in total. The fourth-order valence-electron chi connectivity index (χ4n) is 1.96. The topological polar surface area (TPSA) is 71.1 Å². The highest BCUT2D eigenvalue weighted by molar-refractivity contribution is 7.14. The lowest BCUT2D eigenvalue weighted by Gasteiger charge is -2.08. The molecule has 1 aromatic carbocycles. The van der Waals surface area contributed by atoms with E-state index in [4.69, 9.17) is 11.6 Å². The highest BCUT2D eigenvalue weighted by Gasteiger charge is 2.30. The van der Waals surface area contributed by atoms with Crippen LogP contribution in [0.25, 0.3) is 0 Å². The Morgan fingerprint density at radius 3 is 2.77 bits per heavy atom. The molecule has 1 aliphatic carbocycles. The smallest absolute Gasteiger partial charge is 0.275 e. The second-order valence-electron chi connectivity index (χ2n) is 5.19. The van der Waals surface area contributed by atoms with Crippen molar-refractivity contribution in [2.24, 2.45) is 5.92 Å². The maximum absolute atomic E-state index is 12.2. The molecule has 2 N–H and O–H groups in total. The summed E-state index contributed by atoms with van der Waals surface area (Å²) in [5.41, 5.74) is 1.71. The van der Waals surface area contributed by atoms with Crippen LogP contribution in [0.2, 0.25) is 5.02 Å². The maximum atomic E-state index is 12.2. The van der Waals surface area contributed by atoms with Gasteiger partial charge >= 0.3 is 0 Å². The average Bonchev–Trinajstić information content (AvgIpc) is 3.23. The number of aromatic nitrogens is 1. The predicted molar refractivity (Wildman–Crippen MR) is 87.6 cm³/mol. The zero-order valence-corrected chi connectivity index (χ0v) is 13.4. The average molecular weight is 336 g/mol. The molecule has 0 aliphatic heterocycles. The van der Waals surface area contributed by atoms with E-state index in [-0.39, 0.29) is 23.4 Å². The van der Waals surface area contributed by atoms with Gasteiger partial charge in [-0.25, -0.2) is 4.98 Å². The molecule has 114 valence electrons. The van der Waals surface area contributed by atoms with Crippen molar-refractivity contribution in [1.29, 1.82) is 0 Å². The molecule has 0 bridgehead atoms. The molecular formula is C15H14ClN3O2S. The first-order valence-corrected chi connectivity index (χ1v) is 8.13. The van der Waals surface area contributed by atoms with Crippen molar-refractivity contribution in [1.82, 2.24) is 4.98 Å². The Labute approximate surface area is 136 Å². The quantitative estimate of drug-likeness (QED) is 0.894. The first-order chi connectivity index (χ1) is 10.5. The van der Waals surface area contributed by atoms with Crippen molar-refractivity contribution < 1.29 is 9.59 Å². The lowest BCUT2D eigenvalue weighted by Crippen LogP contribution is -2.15. The first kappa shape index (κ1) is 15.0. The van der Waals surface area contributed by atoms with E-state index in [1.165, 1.54) is 11.3 Å². The second kappa shape index (κ2) is 6.06. The van der Waals surface area contributed by atoms with Crippen molar-refractivity contribution in [3.05, 3.63) is 39.9 Å². The Bertz CT molecular complexity index is 720. The molecular weight excluding hydrogens is 322 g/mol. The molecule has 2 aromatic rings. The van der Waals surface area contributed by atoms with Crippen molar-refractivity contribution in [3.8, 4) is 0 Å². The Kier molecular flexibility index (Phi) is 4.13. The number of anilines is 2. The van der Waals surface area contributed by atoms with Crippen molar-refractivity contribution in [2.75, 3.05) is 10.6 Å². The van der Waals surface area contributed by atoms with E-state index in [9.17, 15) is 9.59 Å². The fourth-order valence-corrected chi connectivity index (χ4v) is 2.92. The summed E-state index contributed by atoms with van der Waals surface area (Å²) in [5.74, 6) is -0.269. The van der Waals surface area contributed by atoms with Gasteiger partial charge in [-0.05, 0) is 31.4 Å². The summed E-state index contributed by atoms with van der Waals surface area (Å²) in [6.45, 7) is 1.86. The van der Waals surface area contributed by atoms with Gasteiger partial charge in [-0.2, -0.15) is 0 Å². The zero-order chi connectivity index (χ0) is 15.7. The summed E-state index contributed by atoms with van der Waals surface area (Å²) in [6.07, 6.45) is 1.85. The molecule has 0 spiro atoms. The van der Waals surface area contributed by atoms with Crippen molar-refractivity contribution in [3.63, 3.8) is 0 Å². The maximum Gasteiger partial charge on any atom is 0.275 e. The third kappa shape index (κ3) is 3.28. The molecule has 3 rings (SSSR count). The Hall–Kier alpha value is -1.92. The number of para-hydroxylation sites is 1. The minimum atomic E-state index is -0.348. The normalized spacial score (nSPS) is 13.7. The first-order valence-electron chi connectivity index (χ1n) is 6.87. The van der Waals surface area contributed by atoms with Gasteiger partial charge in [-0.3, -0.25) is 9.59 Å². The number of carbonyl (C=O) groups excluding carboxylic acids is 2. The Morgan fingerprint density at radius 2 is 2.09 bits per heavy atom. The largest absolute Gasteiger partial charge is 0.319 e. The number of amides is 2. The number of nitrogens with zero attached hydrogens (tertiary/aromatic N) is 1. The Balaban J connectivity index is 1.70. The van der Waals surface area contributed by atoms with Gasteiger partial charge in [0.25, 0.3) is 5.91 Å². The molecule has 0 saturated heterocycles. The highest BCUT2D eigenvalue weighted by atomic mass is 35.5. The van der Waals surface area contributed by atoms with E-state index in [1.807, 2.05) is 19.1 Å². The number of aryl methyl sites for hydroxylation is 1. The molecule has 1 aliphatic rings. The van der Waals surface area contributed by atoms with E-state index in [2.05, 4.69) is 15.6 Å². The van der Waals surface area contributed by atoms with Crippen LogP contribution in [-0.2, 0) is 4.79 Å². The van der Waals surface area contributed by atoms with Crippen LogP contribution in [0.1, 0.15) is 28.9 Å². The van der Waals surface area contributed by atoms with Crippen LogP contribution in [0.15, 0.2) is 23.6 Å². The van der Waals surface area contributed by atoms with Gasteiger partial charge in [-0.1, -0.05) is 23.7 Å². The van der Waals surface area contributed by atoms with E-state index >= 15 is 0 Å². The summed E-state index contributed by atoms with van der Waals surface area (Å²) in [4.78, 5) is 28.0. The molecule has 1 heterocycles. The van der Waals surface area contributed by atoms with Crippen LogP contribution in [0, 0.1) is 12.8 Å². The lowest BCUT2D eigenvalue weighted by molar-refractivity contribution is -0.117. The minimum Gasteiger partial charge on any atom is -0.319 e. The second-order valence-corrected chi connectivity index (χ2v) is 6.45. The molecule has 2 amide bonds. The molecule has 1 fully saturated rings. The number of nitrogens with one attached hydrogen (secondary N) is 2. The number of rotatable bonds is 4. The summed E-state index contributed by atoms with van der Waals surface area (Å²) >= 11 is 7.32. The summed E-state index contributed by atoms with van der Waals surface area (Å²) in [7, 11) is 0. The van der Waals surface area contributed by atoms with Gasteiger partial charge in [0.2, 0.25) is 5.91 Å². The van der Waals surface area contributed by atoms with Crippen LogP contribution in [-0.4, -0.2) is 16.8 Å². The van der Waals surface area contributed by atoms with Gasteiger partial charge in [0.15, 0.2) is 5.13 Å². The lowest BCUT2D eigenvalue weighted by atomic mass is 10.2. The van der Waals surface area contributed by atoms with Crippen molar-refractivity contribution >= 4 is 45.6 Å². The number of benzene rings is 1. The number of thiazole rings is 1. The van der Waals surface area contributed by atoms with Gasteiger partial charge in [0.05, 0.1) is 10.7 Å². The van der Waals surface area contributed by atoms with Crippen LogP contribution < -0.4 is 10.6 Å². The van der Waals surface area contributed by atoms with Crippen LogP contribution in [0.4, 0.5) is 10.8 Å². The fraction of sp³-hybridized carbons (Fsp3) is 0.267. The van der Waals surface area contributed by atoms with Gasteiger partial charge in [0, 0.05) is 11.3 Å². The SMILES string of the molecule is Cc1cccc(Cl)c1NC(=O)c1csc(NC(=O)C2CC2)n1. The van der Waals surface area contributed by atoms with Crippen LogP contribution in [0.3, 0.4) is 0 Å². The summed E-state index contributed by atoms with van der Waals surface area (Å²) in [6, 6.07) is 5.40. The van der Waals surface area contributed by atoms with Crippen molar-refractivity contribution in [2.45, 2.75) is 19.8 Å². The number of hydrogen-bond acceptors (Lipinski definition) is 4. The minimum absolute atomic E-state index is 0.0248. The molecule has 1 aromatic heterocycles. The van der Waals surface area contributed by atoms with E-state index in [1.54, 1.807) is 11.4 Å². The molecule has 0 radical (unpaired) electrons. The number of hydrogen-bond donors (Lipinski definition) is 2. The summed E-state index contributed by atoms with van der Waals surface area (Å²) < 4.78 is 0. The number of halogens is 1. The zero-order valence-electron chi connectivity index (χ0n) is 11.9. The van der Waals surface area contributed by atoms with E-state index in [0.717, 1.165) is 18.4 Å².